The first-order valence-electron chi connectivity index (χ1n) is 4.68. The van der Waals surface area contributed by atoms with Gasteiger partial charge in [0.05, 0.1) is 0 Å². The van der Waals surface area contributed by atoms with E-state index < -0.39 is 0 Å². The Morgan fingerprint density at radius 2 is 1.56 bits per heavy atom. The number of benzene rings is 1. The van der Waals surface area contributed by atoms with Crippen molar-refractivity contribution in [3.8, 4) is 0 Å². The standard InChI is InChI=1S/C12H16O.2CH3.Y/c1-4-12(2,3)11(13)10-8-6-5-7-9-10;;;/h5-9H,4H2,1-3H3;2*1H3;/q;2*-1;. The quantitative estimate of drug-likeness (QED) is 0.603. The second-order valence-electron chi connectivity index (χ2n) is 3.93. The molecule has 1 rings (SSSR count). The van der Waals surface area contributed by atoms with E-state index >= 15 is 0 Å². The zero-order chi connectivity index (χ0) is 9.90. The number of carbonyl (C=O) groups excluding carboxylic acids is 1. The maximum atomic E-state index is 11.9. The van der Waals surface area contributed by atoms with Crippen LogP contribution in [0.5, 0.6) is 0 Å². The van der Waals surface area contributed by atoms with Gasteiger partial charge in [0.2, 0.25) is 0 Å². The Morgan fingerprint density at radius 3 is 1.94 bits per heavy atom. The van der Waals surface area contributed by atoms with Gasteiger partial charge in [-0.2, -0.15) is 0 Å². The van der Waals surface area contributed by atoms with Crippen molar-refractivity contribution >= 4 is 5.78 Å². The van der Waals surface area contributed by atoms with Crippen LogP contribution in [-0.4, -0.2) is 5.78 Å². The number of rotatable bonds is 3. The Kier molecular flexibility index (Phi) is 12.1. The van der Waals surface area contributed by atoms with Crippen molar-refractivity contribution in [2.24, 2.45) is 5.41 Å². The minimum absolute atomic E-state index is 0. The molecule has 0 aliphatic carbocycles. The van der Waals surface area contributed by atoms with Crippen molar-refractivity contribution < 1.29 is 37.5 Å². The summed E-state index contributed by atoms with van der Waals surface area (Å²) in [6.45, 7) is 6.02. The van der Waals surface area contributed by atoms with E-state index in [4.69, 9.17) is 0 Å². The van der Waals surface area contributed by atoms with Crippen LogP contribution in [0.2, 0.25) is 0 Å². The molecule has 0 spiro atoms. The number of ketones is 1. The molecule has 0 saturated heterocycles. The van der Waals surface area contributed by atoms with E-state index in [1.807, 2.05) is 51.1 Å². The smallest absolute Gasteiger partial charge is 0.168 e. The van der Waals surface area contributed by atoms with Crippen LogP contribution in [-0.2, 0) is 32.7 Å². The molecule has 0 fully saturated rings. The Morgan fingerprint density at radius 1 is 1.12 bits per heavy atom. The molecule has 0 aliphatic heterocycles. The zero-order valence-corrected chi connectivity index (χ0v) is 13.9. The average molecular weight is 295 g/mol. The molecule has 1 radical (unpaired) electrons. The van der Waals surface area contributed by atoms with Crippen LogP contribution in [0, 0.1) is 20.3 Å². The minimum atomic E-state index is -0.235. The molecular formula is C14H22OY-2. The van der Waals surface area contributed by atoms with Gasteiger partial charge in [-0.1, -0.05) is 51.1 Å². The molecule has 0 heterocycles. The molecule has 0 N–H and O–H groups in total. The molecule has 0 bridgehead atoms. The van der Waals surface area contributed by atoms with Crippen LogP contribution in [0.4, 0.5) is 0 Å². The Labute approximate surface area is 126 Å². The molecule has 0 aromatic heterocycles. The zero-order valence-electron chi connectivity index (χ0n) is 11.1. The fourth-order valence-electron chi connectivity index (χ4n) is 1.14. The largest absolute Gasteiger partial charge is 0.358 e. The summed E-state index contributed by atoms with van der Waals surface area (Å²) < 4.78 is 0. The van der Waals surface area contributed by atoms with E-state index in [9.17, 15) is 4.79 Å². The molecular weight excluding hydrogens is 273 g/mol. The molecule has 89 valence electrons. The number of carbonyl (C=O) groups is 1. The number of Topliss-reactive ketones (excluding diaryl/α,β-unsaturated/α-hetero) is 1. The molecule has 16 heavy (non-hydrogen) atoms. The van der Waals surface area contributed by atoms with Crippen LogP contribution in [0.3, 0.4) is 0 Å². The van der Waals surface area contributed by atoms with E-state index in [0.717, 1.165) is 12.0 Å². The van der Waals surface area contributed by atoms with E-state index in [0.29, 0.717) is 0 Å². The van der Waals surface area contributed by atoms with Gasteiger partial charge < -0.3 is 14.9 Å². The predicted molar refractivity (Wildman–Crippen MR) is 67.7 cm³/mol. The van der Waals surface area contributed by atoms with Gasteiger partial charge in [0, 0.05) is 43.7 Å². The van der Waals surface area contributed by atoms with Crippen molar-refractivity contribution in [3.63, 3.8) is 0 Å². The van der Waals surface area contributed by atoms with Gasteiger partial charge in [0.1, 0.15) is 0 Å². The molecule has 0 aliphatic rings. The topological polar surface area (TPSA) is 17.1 Å². The Balaban J connectivity index is -0.000000563. The van der Waals surface area contributed by atoms with Crippen LogP contribution >= 0.6 is 0 Å². The number of hydrogen-bond donors (Lipinski definition) is 0. The third kappa shape index (κ3) is 5.36. The monoisotopic (exact) mass is 295 g/mol. The summed E-state index contributed by atoms with van der Waals surface area (Å²) in [5, 5.41) is 0. The average Bonchev–Trinajstić information content (AvgIpc) is 2.18. The molecule has 2 heteroatoms. The van der Waals surface area contributed by atoms with Crippen LogP contribution < -0.4 is 0 Å². The van der Waals surface area contributed by atoms with Crippen molar-refractivity contribution in [2.75, 3.05) is 0 Å². The summed E-state index contributed by atoms with van der Waals surface area (Å²) in [6.07, 6.45) is 0.876. The predicted octanol–water partition coefficient (Wildman–Crippen LogP) is 4.20. The molecule has 1 aromatic carbocycles. The second-order valence-corrected chi connectivity index (χ2v) is 3.93. The van der Waals surface area contributed by atoms with Gasteiger partial charge in [-0.05, 0) is 6.42 Å². The summed E-state index contributed by atoms with van der Waals surface area (Å²) in [6, 6.07) is 9.48. The molecule has 0 unspecified atom stereocenters. The normalized spacial score (nSPS) is 9.19. The summed E-state index contributed by atoms with van der Waals surface area (Å²) in [5.74, 6) is 0.232. The molecule has 1 aromatic rings. The molecule has 0 amide bonds. The number of hydrogen-bond acceptors (Lipinski definition) is 1. The Bertz CT molecular complexity index is 291. The van der Waals surface area contributed by atoms with E-state index in [1.165, 1.54) is 0 Å². The van der Waals surface area contributed by atoms with Gasteiger partial charge in [-0.25, -0.2) is 0 Å². The van der Waals surface area contributed by atoms with E-state index in [-0.39, 0.29) is 58.8 Å². The van der Waals surface area contributed by atoms with E-state index in [1.54, 1.807) is 0 Å². The molecule has 0 saturated carbocycles. The summed E-state index contributed by atoms with van der Waals surface area (Å²) in [5.41, 5.74) is 0.579. The van der Waals surface area contributed by atoms with Crippen LogP contribution in [0.1, 0.15) is 37.6 Å². The van der Waals surface area contributed by atoms with E-state index in [2.05, 4.69) is 0 Å². The minimum Gasteiger partial charge on any atom is -0.358 e. The van der Waals surface area contributed by atoms with Gasteiger partial charge in [-0.15, -0.1) is 0 Å². The SMILES string of the molecule is CCC(C)(C)C(=O)c1ccccc1.[CH3-].[CH3-].[Y]. The van der Waals surface area contributed by atoms with Crippen molar-refractivity contribution in [1.29, 1.82) is 0 Å². The van der Waals surface area contributed by atoms with Crippen molar-refractivity contribution in [3.05, 3.63) is 50.7 Å². The van der Waals surface area contributed by atoms with Crippen LogP contribution in [0.25, 0.3) is 0 Å². The van der Waals surface area contributed by atoms with Gasteiger partial charge in [-0.3, -0.25) is 4.79 Å². The summed E-state index contributed by atoms with van der Waals surface area (Å²) in [4.78, 5) is 11.9. The fraction of sp³-hybridized carbons (Fsp3) is 0.357. The first-order chi connectivity index (χ1) is 6.08. The first-order valence-corrected chi connectivity index (χ1v) is 4.68. The maximum Gasteiger partial charge on any atom is 0.168 e. The summed E-state index contributed by atoms with van der Waals surface area (Å²) in [7, 11) is 0. The van der Waals surface area contributed by atoms with Crippen molar-refractivity contribution in [2.45, 2.75) is 27.2 Å². The Hall–Kier alpha value is -0.00610. The first kappa shape index (κ1) is 21.3. The van der Waals surface area contributed by atoms with Crippen LogP contribution in [0.15, 0.2) is 30.3 Å². The van der Waals surface area contributed by atoms with Gasteiger partial charge >= 0.3 is 0 Å². The fourth-order valence-corrected chi connectivity index (χ4v) is 1.14. The summed E-state index contributed by atoms with van der Waals surface area (Å²) >= 11 is 0. The maximum absolute atomic E-state index is 11.9. The van der Waals surface area contributed by atoms with Gasteiger partial charge in [0.15, 0.2) is 5.78 Å². The van der Waals surface area contributed by atoms with Crippen molar-refractivity contribution in [1.82, 2.24) is 0 Å². The second kappa shape index (κ2) is 9.07. The van der Waals surface area contributed by atoms with Gasteiger partial charge in [0.25, 0.3) is 0 Å². The third-order valence-electron chi connectivity index (χ3n) is 2.53. The third-order valence-corrected chi connectivity index (χ3v) is 2.53. The molecule has 1 nitrogen and oxygen atoms in total. The molecule has 0 atom stereocenters.